The molecule has 4 rings (SSSR count). The monoisotopic (exact) mass is 391 g/mol. The van der Waals surface area contributed by atoms with Gasteiger partial charge < -0.3 is 14.6 Å². The fourth-order valence-corrected chi connectivity index (χ4v) is 3.65. The fourth-order valence-electron chi connectivity index (χ4n) is 3.65. The molecule has 1 N–H and O–H groups in total. The van der Waals surface area contributed by atoms with Crippen LogP contribution >= 0.6 is 0 Å². The summed E-state index contributed by atoms with van der Waals surface area (Å²) in [5.41, 5.74) is 1.53. The third kappa shape index (κ3) is 4.49. The van der Waals surface area contributed by atoms with Gasteiger partial charge in [-0.25, -0.2) is 0 Å². The van der Waals surface area contributed by atoms with E-state index in [1.165, 1.54) is 0 Å². The van der Waals surface area contributed by atoms with Gasteiger partial charge in [0.25, 0.3) is 5.91 Å². The molecule has 0 bridgehead atoms. The van der Waals surface area contributed by atoms with Crippen LogP contribution in [0.25, 0.3) is 11.0 Å². The van der Waals surface area contributed by atoms with Gasteiger partial charge in [-0.05, 0) is 31.2 Å². The van der Waals surface area contributed by atoms with E-state index in [1.807, 2.05) is 72.5 Å². The first kappa shape index (κ1) is 19.2. The molecule has 150 valence electrons. The molecule has 0 saturated carbocycles. The Morgan fingerprint density at radius 2 is 1.69 bits per heavy atom. The number of piperazine rings is 1. The zero-order valence-corrected chi connectivity index (χ0v) is 16.5. The Balaban J connectivity index is 1.27. The van der Waals surface area contributed by atoms with Crippen molar-refractivity contribution in [3.8, 4) is 0 Å². The number of amides is 2. The Kier molecular flexibility index (Phi) is 5.62. The third-order valence-corrected chi connectivity index (χ3v) is 5.30. The van der Waals surface area contributed by atoms with Gasteiger partial charge in [0.2, 0.25) is 5.91 Å². The molecule has 1 saturated heterocycles. The van der Waals surface area contributed by atoms with Crippen LogP contribution in [0.15, 0.2) is 65.1 Å². The molecule has 2 aromatic carbocycles. The second-order valence-corrected chi connectivity index (χ2v) is 7.41. The highest BCUT2D eigenvalue weighted by Crippen LogP contribution is 2.23. The van der Waals surface area contributed by atoms with Crippen LogP contribution in [-0.2, 0) is 4.79 Å². The molecule has 0 spiro atoms. The van der Waals surface area contributed by atoms with Gasteiger partial charge in [0.15, 0.2) is 0 Å². The molecular weight excluding hydrogens is 366 g/mol. The van der Waals surface area contributed by atoms with Crippen molar-refractivity contribution in [2.45, 2.75) is 13.0 Å². The van der Waals surface area contributed by atoms with Gasteiger partial charge in [0.05, 0.1) is 12.6 Å². The highest BCUT2D eigenvalue weighted by Gasteiger charge is 2.24. The lowest BCUT2D eigenvalue weighted by molar-refractivity contribution is -0.123. The van der Waals surface area contributed by atoms with Crippen LogP contribution in [-0.4, -0.2) is 54.3 Å². The summed E-state index contributed by atoms with van der Waals surface area (Å²) >= 11 is 0. The predicted molar refractivity (Wildman–Crippen MR) is 112 cm³/mol. The van der Waals surface area contributed by atoms with Gasteiger partial charge in [-0.2, -0.15) is 0 Å². The van der Waals surface area contributed by atoms with Crippen molar-refractivity contribution in [3.05, 3.63) is 72.0 Å². The zero-order chi connectivity index (χ0) is 20.2. The average Bonchev–Trinajstić information content (AvgIpc) is 3.19. The Bertz CT molecular complexity index is 958. The number of hydrogen-bond acceptors (Lipinski definition) is 4. The van der Waals surface area contributed by atoms with Crippen molar-refractivity contribution < 1.29 is 14.0 Å². The van der Waals surface area contributed by atoms with E-state index in [9.17, 15) is 9.59 Å². The molecule has 2 heterocycles. The molecule has 6 heteroatoms. The second-order valence-electron chi connectivity index (χ2n) is 7.41. The molecule has 3 aromatic rings. The van der Waals surface area contributed by atoms with Gasteiger partial charge >= 0.3 is 0 Å². The van der Waals surface area contributed by atoms with Gasteiger partial charge in [0.1, 0.15) is 11.3 Å². The van der Waals surface area contributed by atoms with E-state index in [0.717, 1.165) is 16.7 Å². The molecule has 1 fully saturated rings. The van der Waals surface area contributed by atoms with Crippen LogP contribution in [0.4, 0.5) is 0 Å². The van der Waals surface area contributed by atoms with Gasteiger partial charge in [0, 0.05) is 37.1 Å². The minimum Gasteiger partial charge on any atom is -0.459 e. The van der Waals surface area contributed by atoms with Crippen LogP contribution in [0, 0.1) is 0 Å². The number of carbonyl (C=O) groups is 2. The van der Waals surface area contributed by atoms with Gasteiger partial charge in [-0.3, -0.25) is 14.5 Å². The molecule has 1 aromatic heterocycles. The lowest BCUT2D eigenvalue weighted by Crippen LogP contribution is -2.51. The molecule has 0 radical (unpaired) electrons. The Labute approximate surface area is 170 Å². The number of rotatable bonds is 5. The minimum atomic E-state index is -0.198. The predicted octanol–water partition coefficient (Wildman–Crippen LogP) is 3.07. The van der Waals surface area contributed by atoms with Gasteiger partial charge in [-0.1, -0.05) is 36.4 Å². The van der Waals surface area contributed by atoms with E-state index >= 15 is 0 Å². The number of carbonyl (C=O) groups excluding carboxylic acids is 2. The highest BCUT2D eigenvalue weighted by atomic mass is 16.3. The molecule has 1 atom stereocenters. The third-order valence-electron chi connectivity index (χ3n) is 5.30. The summed E-state index contributed by atoms with van der Waals surface area (Å²) in [4.78, 5) is 28.9. The molecule has 29 heavy (non-hydrogen) atoms. The molecule has 2 amide bonds. The Morgan fingerprint density at radius 3 is 2.41 bits per heavy atom. The summed E-state index contributed by atoms with van der Waals surface area (Å²) in [7, 11) is 0. The van der Waals surface area contributed by atoms with Crippen LogP contribution in [0.3, 0.4) is 0 Å². The quantitative estimate of drug-likeness (QED) is 0.726. The smallest absolute Gasteiger partial charge is 0.253 e. The van der Waals surface area contributed by atoms with Crippen molar-refractivity contribution >= 4 is 22.8 Å². The van der Waals surface area contributed by atoms with Crippen LogP contribution in [0.2, 0.25) is 0 Å². The lowest BCUT2D eigenvalue weighted by atomic mass is 10.2. The molecule has 6 nitrogen and oxygen atoms in total. The van der Waals surface area contributed by atoms with Crippen LogP contribution in [0.5, 0.6) is 0 Å². The zero-order valence-electron chi connectivity index (χ0n) is 16.5. The number of fused-ring (bicyclic) bond motifs is 1. The first-order chi connectivity index (χ1) is 14.1. The van der Waals surface area contributed by atoms with E-state index in [1.54, 1.807) is 0 Å². The van der Waals surface area contributed by atoms with Crippen molar-refractivity contribution in [2.24, 2.45) is 0 Å². The highest BCUT2D eigenvalue weighted by molar-refractivity contribution is 5.94. The van der Waals surface area contributed by atoms with E-state index in [-0.39, 0.29) is 17.9 Å². The average molecular weight is 391 g/mol. The number of hydrogen-bond donors (Lipinski definition) is 1. The maximum absolute atomic E-state index is 12.5. The summed E-state index contributed by atoms with van der Waals surface area (Å²) in [5, 5.41) is 4.04. The van der Waals surface area contributed by atoms with E-state index < -0.39 is 0 Å². The lowest BCUT2D eigenvalue weighted by Gasteiger charge is -2.34. The van der Waals surface area contributed by atoms with E-state index in [4.69, 9.17) is 4.42 Å². The van der Waals surface area contributed by atoms with Crippen molar-refractivity contribution in [1.29, 1.82) is 0 Å². The summed E-state index contributed by atoms with van der Waals surface area (Å²) in [6, 6.07) is 18.9. The molecular formula is C23H25N3O3. The second kappa shape index (κ2) is 8.49. The maximum Gasteiger partial charge on any atom is 0.253 e. The van der Waals surface area contributed by atoms with Crippen LogP contribution in [0.1, 0.15) is 29.1 Å². The standard InChI is InChI=1S/C23H25N3O3/c1-17(21-15-19-9-5-6-10-20(19)29-21)24-22(27)16-25-11-13-26(14-12-25)23(28)18-7-3-2-4-8-18/h2-10,15,17H,11-14,16H2,1H3,(H,24,27)/t17-/m0/s1. The number of nitrogens with zero attached hydrogens (tertiary/aromatic N) is 2. The largest absolute Gasteiger partial charge is 0.459 e. The van der Waals surface area contributed by atoms with Gasteiger partial charge in [-0.15, -0.1) is 0 Å². The Hall–Kier alpha value is -3.12. The summed E-state index contributed by atoms with van der Waals surface area (Å²) in [6.07, 6.45) is 0. The molecule has 0 unspecified atom stereocenters. The van der Waals surface area contributed by atoms with E-state index in [2.05, 4.69) is 10.2 Å². The number of nitrogens with one attached hydrogen (secondary N) is 1. The molecule has 0 aliphatic carbocycles. The summed E-state index contributed by atoms with van der Waals surface area (Å²) in [6.45, 7) is 4.86. The normalized spacial score (nSPS) is 16.0. The minimum absolute atomic E-state index is 0.0409. The van der Waals surface area contributed by atoms with Crippen LogP contribution < -0.4 is 5.32 Å². The fraction of sp³-hybridized carbons (Fsp3) is 0.304. The van der Waals surface area contributed by atoms with E-state index in [0.29, 0.717) is 38.3 Å². The topological polar surface area (TPSA) is 65.8 Å². The SMILES string of the molecule is C[C@H](NC(=O)CN1CCN(C(=O)c2ccccc2)CC1)c1cc2ccccc2o1. The molecule has 1 aliphatic heterocycles. The number of para-hydroxylation sites is 1. The first-order valence-electron chi connectivity index (χ1n) is 9.94. The molecule has 1 aliphatic rings. The first-order valence-corrected chi connectivity index (χ1v) is 9.94. The van der Waals surface area contributed by atoms with Crippen molar-refractivity contribution in [2.75, 3.05) is 32.7 Å². The maximum atomic E-state index is 12.5. The summed E-state index contributed by atoms with van der Waals surface area (Å²) in [5.74, 6) is 0.756. The Morgan fingerprint density at radius 1 is 1.00 bits per heavy atom. The summed E-state index contributed by atoms with van der Waals surface area (Å²) < 4.78 is 5.83. The van der Waals surface area contributed by atoms with Crippen molar-refractivity contribution in [1.82, 2.24) is 15.1 Å². The number of furan rings is 1. The van der Waals surface area contributed by atoms with Crippen molar-refractivity contribution in [3.63, 3.8) is 0 Å². The number of benzene rings is 2.